The molecular weight excluding hydrogens is 486 g/mol. The van der Waals surface area contributed by atoms with E-state index in [0.717, 1.165) is 35.8 Å². The molecule has 1 aliphatic rings. The van der Waals surface area contributed by atoms with Crippen LogP contribution in [0.2, 0.25) is 0 Å². The van der Waals surface area contributed by atoms with E-state index in [4.69, 9.17) is 14.2 Å². The summed E-state index contributed by atoms with van der Waals surface area (Å²) in [5.41, 5.74) is 0.0972. The van der Waals surface area contributed by atoms with Gasteiger partial charge in [-0.3, -0.25) is 29.9 Å². The van der Waals surface area contributed by atoms with Crippen molar-refractivity contribution >= 4 is 28.9 Å². The van der Waals surface area contributed by atoms with Gasteiger partial charge in [-0.15, -0.1) is 0 Å². The van der Waals surface area contributed by atoms with Crippen LogP contribution in [0.3, 0.4) is 0 Å². The fourth-order valence-electron chi connectivity index (χ4n) is 4.11. The van der Waals surface area contributed by atoms with Gasteiger partial charge in [0.05, 0.1) is 35.8 Å². The second kappa shape index (κ2) is 10.3. The number of anilines is 1. The maximum absolute atomic E-state index is 13.8. The second-order valence-corrected chi connectivity index (χ2v) is 8.04. The molecule has 0 fully saturated rings. The van der Waals surface area contributed by atoms with Crippen LogP contribution in [0, 0.1) is 20.2 Å². The van der Waals surface area contributed by atoms with E-state index in [1.807, 2.05) is 30.3 Å². The Balaban J connectivity index is 1.78. The van der Waals surface area contributed by atoms with Crippen molar-refractivity contribution in [3.05, 3.63) is 97.6 Å². The molecule has 37 heavy (non-hydrogen) atoms. The molecule has 0 unspecified atom stereocenters. The van der Waals surface area contributed by atoms with Crippen molar-refractivity contribution in [3.63, 3.8) is 0 Å². The number of nitro groups is 2. The number of benzene rings is 3. The summed E-state index contributed by atoms with van der Waals surface area (Å²) in [6, 6.07) is 14.0. The minimum absolute atomic E-state index is 0.0228. The van der Waals surface area contributed by atoms with E-state index < -0.39 is 33.5 Å². The monoisotopic (exact) mass is 507 g/mol. The largest absolute Gasteiger partial charge is 0.493 e. The number of ether oxygens (including phenoxy) is 3. The lowest BCUT2D eigenvalue weighted by Gasteiger charge is -2.24. The molecule has 12 nitrogen and oxygen atoms in total. The summed E-state index contributed by atoms with van der Waals surface area (Å²) in [5, 5.41) is 23.3. The van der Waals surface area contributed by atoms with Crippen molar-refractivity contribution in [3.8, 4) is 11.5 Å². The molecule has 0 spiro atoms. The van der Waals surface area contributed by atoms with Gasteiger partial charge in [0.2, 0.25) is 0 Å². The van der Waals surface area contributed by atoms with Crippen LogP contribution < -0.4 is 14.4 Å². The van der Waals surface area contributed by atoms with Crippen LogP contribution in [0.15, 0.2) is 60.7 Å². The zero-order valence-electron chi connectivity index (χ0n) is 19.8. The molecule has 4 rings (SSSR count). The molecule has 1 aliphatic heterocycles. The van der Waals surface area contributed by atoms with Gasteiger partial charge in [-0.05, 0) is 11.1 Å². The van der Waals surface area contributed by atoms with Crippen molar-refractivity contribution in [1.82, 2.24) is 0 Å². The molecule has 1 amide bonds. The fourth-order valence-corrected chi connectivity index (χ4v) is 4.11. The van der Waals surface area contributed by atoms with Crippen LogP contribution in [0.5, 0.6) is 11.5 Å². The number of esters is 1. The number of hydrogen-bond acceptors (Lipinski definition) is 9. The first-order valence-corrected chi connectivity index (χ1v) is 11.0. The van der Waals surface area contributed by atoms with Crippen molar-refractivity contribution in [2.45, 2.75) is 19.1 Å². The van der Waals surface area contributed by atoms with E-state index in [0.29, 0.717) is 5.56 Å². The Morgan fingerprint density at radius 1 is 0.973 bits per heavy atom. The first-order chi connectivity index (χ1) is 17.7. The third-order valence-corrected chi connectivity index (χ3v) is 5.90. The Labute approximate surface area is 210 Å². The second-order valence-electron chi connectivity index (χ2n) is 8.04. The van der Waals surface area contributed by atoms with Crippen LogP contribution in [-0.4, -0.2) is 42.0 Å². The Hall–Kier alpha value is -5.00. The summed E-state index contributed by atoms with van der Waals surface area (Å²) in [6.45, 7) is 0.0925. The normalized spacial score (nSPS) is 14.0. The molecule has 0 saturated heterocycles. The van der Waals surface area contributed by atoms with Gasteiger partial charge < -0.3 is 14.2 Å². The first-order valence-electron chi connectivity index (χ1n) is 11.0. The van der Waals surface area contributed by atoms with Crippen molar-refractivity contribution in [2.75, 3.05) is 19.1 Å². The summed E-state index contributed by atoms with van der Waals surface area (Å²) in [4.78, 5) is 49.2. The van der Waals surface area contributed by atoms with Crippen molar-refractivity contribution in [1.29, 1.82) is 0 Å². The van der Waals surface area contributed by atoms with Gasteiger partial charge in [-0.1, -0.05) is 36.4 Å². The number of amides is 1. The number of fused-ring (bicyclic) bond motifs is 1. The SMILES string of the molecule is COC(=O)[C@H]1Cc2ccc([N+](=O)[O-])cc2N1C(=O)c1cc(OC)c(OCc2ccccc2)cc1[N+](=O)[O-]. The molecule has 0 N–H and O–H groups in total. The number of rotatable bonds is 8. The maximum atomic E-state index is 13.8. The van der Waals surface area contributed by atoms with Gasteiger partial charge in [0.1, 0.15) is 18.2 Å². The van der Waals surface area contributed by atoms with Crippen LogP contribution in [0.1, 0.15) is 21.5 Å². The van der Waals surface area contributed by atoms with Crippen molar-refractivity contribution < 1.29 is 33.6 Å². The predicted octanol–water partition coefficient (Wildman–Crippen LogP) is 3.84. The Bertz CT molecular complexity index is 1390. The maximum Gasteiger partial charge on any atom is 0.329 e. The Morgan fingerprint density at radius 2 is 1.70 bits per heavy atom. The standard InChI is InChI=1S/C25H21N3O9/c1-35-22-12-18(20(28(33)34)13-23(22)37-14-15-6-4-3-5-7-15)24(29)26-19-11-17(27(31)32)9-8-16(19)10-21(26)25(30)36-2/h3-9,11-13,21H,10,14H2,1-2H3/t21-/m1/s1. The number of nitrogens with zero attached hydrogens (tertiary/aromatic N) is 3. The first kappa shape index (κ1) is 25.1. The summed E-state index contributed by atoms with van der Waals surface area (Å²) < 4.78 is 15.9. The zero-order chi connectivity index (χ0) is 26.7. The molecule has 1 atom stereocenters. The number of hydrogen-bond donors (Lipinski definition) is 0. The average Bonchev–Trinajstić information content (AvgIpc) is 3.29. The number of non-ortho nitro benzene ring substituents is 1. The van der Waals surface area contributed by atoms with E-state index in [9.17, 15) is 29.8 Å². The van der Waals surface area contributed by atoms with Crippen LogP contribution in [-0.2, 0) is 22.6 Å². The number of carbonyl (C=O) groups is 2. The lowest BCUT2D eigenvalue weighted by atomic mass is 10.1. The molecule has 3 aromatic rings. The van der Waals surface area contributed by atoms with E-state index in [2.05, 4.69) is 0 Å². The number of methoxy groups -OCH3 is 2. The average molecular weight is 507 g/mol. The van der Waals surface area contributed by atoms with Gasteiger partial charge >= 0.3 is 5.97 Å². The Kier molecular flexibility index (Phi) is 7.00. The molecule has 3 aromatic carbocycles. The minimum Gasteiger partial charge on any atom is -0.493 e. The molecule has 0 saturated carbocycles. The molecule has 12 heteroatoms. The van der Waals surface area contributed by atoms with Crippen molar-refractivity contribution in [2.24, 2.45) is 0 Å². The number of nitro benzene ring substituents is 2. The van der Waals surface area contributed by atoms with E-state index >= 15 is 0 Å². The van der Waals surface area contributed by atoms with Gasteiger partial charge in [0.15, 0.2) is 11.5 Å². The minimum atomic E-state index is -1.17. The molecule has 0 bridgehead atoms. The summed E-state index contributed by atoms with van der Waals surface area (Å²) in [6.07, 6.45) is 0.0228. The summed E-state index contributed by atoms with van der Waals surface area (Å²) in [7, 11) is 2.46. The van der Waals surface area contributed by atoms with E-state index in [-0.39, 0.29) is 41.5 Å². The van der Waals surface area contributed by atoms with E-state index in [1.54, 1.807) is 0 Å². The third kappa shape index (κ3) is 4.89. The van der Waals surface area contributed by atoms with E-state index in [1.165, 1.54) is 19.2 Å². The highest BCUT2D eigenvalue weighted by molar-refractivity contribution is 6.13. The van der Waals surface area contributed by atoms with Gasteiger partial charge in [0, 0.05) is 24.6 Å². The molecule has 1 heterocycles. The molecule has 0 aromatic heterocycles. The van der Waals surface area contributed by atoms with Gasteiger partial charge in [-0.2, -0.15) is 0 Å². The quantitative estimate of drug-likeness (QED) is 0.251. The topological polar surface area (TPSA) is 151 Å². The van der Waals surface area contributed by atoms with Crippen LogP contribution in [0.25, 0.3) is 0 Å². The van der Waals surface area contributed by atoms with Crippen LogP contribution in [0.4, 0.5) is 17.1 Å². The van der Waals surface area contributed by atoms with Gasteiger partial charge in [0.25, 0.3) is 17.3 Å². The molecule has 190 valence electrons. The molecular formula is C25H21N3O9. The predicted molar refractivity (Wildman–Crippen MR) is 130 cm³/mol. The highest BCUT2D eigenvalue weighted by atomic mass is 16.6. The third-order valence-electron chi connectivity index (χ3n) is 5.90. The highest BCUT2D eigenvalue weighted by Gasteiger charge is 2.42. The Morgan fingerprint density at radius 3 is 2.32 bits per heavy atom. The lowest BCUT2D eigenvalue weighted by Crippen LogP contribution is -2.43. The van der Waals surface area contributed by atoms with Crippen LogP contribution >= 0.6 is 0 Å². The fraction of sp³-hybridized carbons (Fsp3) is 0.200. The summed E-state index contributed by atoms with van der Waals surface area (Å²) >= 11 is 0. The van der Waals surface area contributed by atoms with Gasteiger partial charge in [-0.25, -0.2) is 4.79 Å². The smallest absolute Gasteiger partial charge is 0.329 e. The number of carbonyl (C=O) groups excluding carboxylic acids is 2. The molecule has 0 aliphatic carbocycles. The lowest BCUT2D eigenvalue weighted by molar-refractivity contribution is -0.385. The zero-order valence-corrected chi connectivity index (χ0v) is 19.8. The molecule has 0 radical (unpaired) electrons. The summed E-state index contributed by atoms with van der Waals surface area (Å²) in [5.74, 6) is -1.60. The highest BCUT2D eigenvalue weighted by Crippen LogP contribution is 2.40.